The number of carbonyl (C=O) groups is 1. The highest BCUT2D eigenvalue weighted by molar-refractivity contribution is 7.89. The lowest BCUT2D eigenvalue weighted by Gasteiger charge is -2.22. The second-order valence-corrected chi connectivity index (χ2v) is 5.76. The van der Waals surface area contributed by atoms with Crippen LogP contribution in [0.4, 0.5) is 0 Å². The summed E-state index contributed by atoms with van der Waals surface area (Å²) in [5, 5.41) is 0. The number of hydrogen-bond donors (Lipinski definition) is 0. The standard InChI is InChI=1S/C12H17NO4S/c1-4-17-12(14)10(2)13(3)18(15,16)11-8-6-5-7-9-11/h5-10H,4H2,1-3H3/t10-/m0/s1. The van der Waals surface area contributed by atoms with Crippen LogP contribution in [0.2, 0.25) is 0 Å². The zero-order valence-electron chi connectivity index (χ0n) is 10.7. The van der Waals surface area contributed by atoms with Gasteiger partial charge in [0.25, 0.3) is 0 Å². The van der Waals surface area contributed by atoms with Gasteiger partial charge in [0.15, 0.2) is 0 Å². The van der Waals surface area contributed by atoms with Gasteiger partial charge in [-0.15, -0.1) is 0 Å². The largest absolute Gasteiger partial charge is 0.465 e. The molecule has 0 aliphatic rings. The summed E-state index contributed by atoms with van der Waals surface area (Å²) in [6, 6.07) is 7.13. The molecule has 0 aromatic heterocycles. The monoisotopic (exact) mass is 271 g/mol. The van der Waals surface area contributed by atoms with Crippen LogP contribution in [-0.4, -0.2) is 38.4 Å². The Morgan fingerprint density at radius 2 is 1.89 bits per heavy atom. The minimum Gasteiger partial charge on any atom is -0.465 e. The fraction of sp³-hybridized carbons (Fsp3) is 0.417. The van der Waals surface area contributed by atoms with Gasteiger partial charge in [-0.2, -0.15) is 4.31 Å². The first kappa shape index (κ1) is 14.7. The Morgan fingerprint density at radius 1 is 1.33 bits per heavy atom. The number of nitrogens with zero attached hydrogens (tertiary/aromatic N) is 1. The van der Waals surface area contributed by atoms with Crippen LogP contribution >= 0.6 is 0 Å². The number of sulfonamides is 1. The van der Waals surface area contributed by atoms with Gasteiger partial charge in [0, 0.05) is 7.05 Å². The van der Waals surface area contributed by atoms with E-state index in [-0.39, 0.29) is 11.5 Å². The second-order valence-electron chi connectivity index (χ2n) is 3.76. The molecule has 6 heteroatoms. The third-order valence-electron chi connectivity index (χ3n) is 2.59. The van der Waals surface area contributed by atoms with E-state index < -0.39 is 22.0 Å². The van der Waals surface area contributed by atoms with Crippen LogP contribution in [0.1, 0.15) is 13.8 Å². The van der Waals surface area contributed by atoms with E-state index >= 15 is 0 Å². The zero-order chi connectivity index (χ0) is 13.8. The molecular formula is C12H17NO4S. The summed E-state index contributed by atoms with van der Waals surface area (Å²) in [5.41, 5.74) is 0. The molecule has 100 valence electrons. The van der Waals surface area contributed by atoms with E-state index in [1.807, 2.05) is 0 Å². The Kier molecular flexibility index (Phi) is 4.86. The molecule has 5 nitrogen and oxygen atoms in total. The highest BCUT2D eigenvalue weighted by Gasteiger charge is 2.30. The molecule has 0 N–H and O–H groups in total. The van der Waals surface area contributed by atoms with Gasteiger partial charge in [-0.3, -0.25) is 4.79 Å². The maximum Gasteiger partial charge on any atom is 0.324 e. The van der Waals surface area contributed by atoms with Crippen LogP contribution in [0, 0.1) is 0 Å². The first-order chi connectivity index (χ1) is 8.41. The molecular weight excluding hydrogens is 254 g/mol. The molecule has 0 fully saturated rings. The molecule has 0 saturated carbocycles. The average molecular weight is 271 g/mol. The molecule has 1 rings (SSSR count). The third kappa shape index (κ3) is 3.08. The van der Waals surface area contributed by atoms with Crippen LogP contribution in [0.25, 0.3) is 0 Å². The SMILES string of the molecule is CCOC(=O)[C@H](C)N(C)S(=O)(=O)c1ccccc1. The highest BCUT2D eigenvalue weighted by Crippen LogP contribution is 2.16. The predicted octanol–water partition coefficient (Wildman–Crippen LogP) is 1.26. The molecule has 0 unspecified atom stereocenters. The van der Waals surface area contributed by atoms with Gasteiger partial charge in [0.1, 0.15) is 6.04 Å². The summed E-state index contributed by atoms with van der Waals surface area (Å²) in [4.78, 5) is 11.7. The van der Waals surface area contributed by atoms with Crippen LogP contribution in [-0.2, 0) is 19.6 Å². The van der Waals surface area contributed by atoms with Crippen molar-refractivity contribution in [3.8, 4) is 0 Å². The van der Waals surface area contributed by atoms with Gasteiger partial charge in [-0.05, 0) is 26.0 Å². The van der Waals surface area contributed by atoms with Gasteiger partial charge < -0.3 is 4.74 Å². The van der Waals surface area contributed by atoms with Crippen LogP contribution in [0.15, 0.2) is 35.2 Å². The normalized spacial score (nSPS) is 13.3. The van der Waals surface area contributed by atoms with Crippen molar-refractivity contribution in [1.82, 2.24) is 4.31 Å². The fourth-order valence-corrected chi connectivity index (χ4v) is 2.71. The molecule has 1 atom stereocenters. The number of rotatable bonds is 5. The molecule has 0 heterocycles. The molecule has 0 bridgehead atoms. The molecule has 1 aromatic rings. The van der Waals surface area contributed by atoms with E-state index in [2.05, 4.69) is 0 Å². The van der Waals surface area contributed by atoms with Gasteiger partial charge in [-0.1, -0.05) is 18.2 Å². The molecule has 0 radical (unpaired) electrons. The topological polar surface area (TPSA) is 63.7 Å². The number of likely N-dealkylation sites (N-methyl/N-ethyl adjacent to an activating group) is 1. The third-order valence-corrected chi connectivity index (χ3v) is 4.54. The van der Waals surface area contributed by atoms with Crippen LogP contribution in [0.3, 0.4) is 0 Å². The van der Waals surface area contributed by atoms with E-state index in [9.17, 15) is 13.2 Å². The average Bonchev–Trinajstić information content (AvgIpc) is 2.38. The lowest BCUT2D eigenvalue weighted by Crippen LogP contribution is -2.41. The van der Waals surface area contributed by atoms with Crippen molar-refractivity contribution >= 4 is 16.0 Å². The number of esters is 1. The van der Waals surface area contributed by atoms with Gasteiger partial charge in [0.05, 0.1) is 11.5 Å². The van der Waals surface area contributed by atoms with Crippen LogP contribution in [0.5, 0.6) is 0 Å². The number of carbonyl (C=O) groups excluding carboxylic acids is 1. The highest BCUT2D eigenvalue weighted by atomic mass is 32.2. The zero-order valence-corrected chi connectivity index (χ0v) is 11.5. The maximum atomic E-state index is 12.2. The van der Waals surface area contributed by atoms with Crippen molar-refractivity contribution in [2.24, 2.45) is 0 Å². The smallest absolute Gasteiger partial charge is 0.324 e. The molecule has 1 aromatic carbocycles. The summed E-state index contributed by atoms with van der Waals surface area (Å²) in [7, 11) is -2.30. The molecule has 0 spiro atoms. The quantitative estimate of drug-likeness (QED) is 0.756. The Morgan fingerprint density at radius 3 is 2.39 bits per heavy atom. The van der Waals surface area contributed by atoms with Gasteiger partial charge >= 0.3 is 5.97 Å². The lowest BCUT2D eigenvalue weighted by atomic mass is 10.3. The molecule has 0 aliphatic carbocycles. The van der Waals surface area contributed by atoms with E-state index in [0.717, 1.165) is 4.31 Å². The first-order valence-electron chi connectivity index (χ1n) is 5.61. The van der Waals surface area contributed by atoms with E-state index in [0.29, 0.717) is 0 Å². The summed E-state index contributed by atoms with van der Waals surface area (Å²) >= 11 is 0. The van der Waals surface area contributed by atoms with E-state index in [4.69, 9.17) is 4.74 Å². The molecule has 0 aliphatic heterocycles. The molecule has 0 saturated heterocycles. The predicted molar refractivity (Wildman–Crippen MR) is 67.5 cm³/mol. The number of hydrogen-bond acceptors (Lipinski definition) is 4. The van der Waals surface area contributed by atoms with Crippen molar-refractivity contribution < 1.29 is 17.9 Å². The summed E-state index contributed by atoms with van der Waals surface area (Å²) < 4.78 is 30.2. The molecule has 0 amide bonds. The van der Waals surface area contributed by atoms with Crippen LogP contribution < -0.4 is 0 Å². The van der Waals surface area contributed by atoms with Crippen molar-refractivity contribution in [2.45, 2.75) is 24.8 Å². The van der Waals surface area contributed by atoms with Crippen molar-refractivity contribution in [3.63, 3.8) is 0 Å². The van der Waals surface area contributed by atoms with E-state index in [1.54, 1.807) is 25.1 Å². The Hall–Kier alpha value is -1.40. The van der Waals surface area contributed by atoms with Crippen molar-refractivity contribution in [1.29, 1.82) is 0 Å². The van der Waals surface area contributed by atoms with Gasteiger partial charge in [-0.25, -0.2) is 8.42 Å². The van der Waals surface area contributed by atoms with Crippen molar-refractivity contribution in [2.75, 3.05) is 13.7 Å². The molecule has 18 heavy (non-hydrogen) atoms. The van der Waals surface area contributed by atoms with E-state index in [1.165, 1.54) is 26.1 Å². The minimum atomic E-state index is -3.67. The van der Waals surface area contributed by atoms with Crippen molar-refractivity contribution in [3.05, 3.63) is 30.3 Å². The maximum absolute atomic E-state index is 12.2. The summed E-state index contributed by atoms with van der Waals surface area (Å²) in [6.45, 7) is 3.40. The lowest BCUT2D eigenvalue weighted by molar-refractivity contribution is -0.146. The minimum absolute atomic E-state index is 0.156. The number of ether oxygens (including phenoxy) is 1. The summed E-state index contributed by atoms with van der Waals surface area (Å²) in [5.74, 6) is -0.556. The Balaban J connectivity index is 2.96. The fourth-order valence-electron chi connectivity index (χ4n) is 1.38. The summed E-state index contributed by atoms with van der Waals surface area (Å²) in [6.07, 6.45) is 0. The van der Waals surface area contributed by atoms with Gasteiger partial charge in [0.2, 0.25) is 10.0 Å². The number of benzene rings is 1. The second kappa shape index (κ2) is 5.97. The first-order valence-corrected chi connectivity index (χ1v) is 7.05. The Labute approximate surface area is 107 Å². The Bertz CT molecular complexity index is 498.